The zero-order chi connectivity index (χ0) is 22.4. The highest BCUT2D eigenvalue weighted by Gasteiger charge is 2.17. The molecule has 6 nitrogen and oxygen atoms in total. The van der Waals surface area contributed by atoms with E-state index in [1.807, 2.05) is 6.92 Å². The molecule has 0 fully saturated rings. The predicted molar refractivity (Wildman–Crippen MR) is 122 cm³/mol. The summed E-state index contributed by atoms with van der Waals surface area (Å²) in [6.45, 7) is 2.56. The summed E-state index contributed by atoms with van der Waals surface area (Å²) in [5, 5.41) is 3.66. The molecule has 0 heterocycles. The van der Waals surface area contributed by atoms with Crippen LogP contribution in [0, 0.1) is 0 Å². The molecule has 3 aromatic carbocycles. The van der Waals surface area contributed by atoms with Crippen LogP contribution in [0.5, 0.6) is 5.75 Å². The van der Waals surface area contributed by atoms with Crippen LogP contribution in [0.3, 0.4) is 0 Å². The summed E-state index contributed by atoms with van der Waals surface area (Å²) in [6.07, 6.45) is 0. The SMILES string of the molecule is CCOc1ccc(NS(=O)(=O)c2cccc(C(=O)NCc3ccc(Cl)cc3Cl)c2)cc1. The van der Waals surface area contributed by atoms with E-state index >= 15 is 0 Å². The molecule has 162 valence electrons. The van der Waals surface area contributed by atoms with Crippen molar-refractivity contribution in [1.82, 2.24) is 5.32 Å². The van der Waals surface area contributed by atoms with Crippen LogP contribution in [0.15, 0.2) is 71.6 Å². The highest BCUT2D eigenvalue weighted by Crippen LogP contribution is 2.22. The van der Waals surface area contributed by atoms with Gasteiger partial charge in [-0.15, -0.1) is 0 Å². The number of carbonyl (C=O) groups is 1. The third kappa shape index (κ3) is 6.13. The lowest BCUT2D eigenvalue weighted by Gasteiger charge is -2.11. The third-order valence-corrected chi connectivity index (χ3v) is 6.24. The van der Waals surface area contributed by atoms with Gasteiger partial charge in [0.2, 0.25) is 0 Å². The van der Waals surface area contributed by atoms with Crippen molar-refractivity contribution in [3.8, 4) is 5.75 Å². The molecule has 9 heteroatoms. The fraction of sp³-hybridized carbons (Fsp3) is 0.136. The summed E-state index contributed by atoms with van der Waals surface area (Å²) in [6, 6.07) is 17.3. The molecule has 0 atom stereocenters. The van der Waals surface area contributed by atoms with Crippen molar-refractivity contribution in [3.05, 3.63) is 87.9 Å². The molecular formula is C22H20Cl2N2O4S. The zero-order valence-corrected chi connectivity index (χ0v) is 18.9. The molecule has 3 aromatic rings. The van der Waals surface area contributed by atoms with Gasteiger partial charge in [-0.2, -0.15) is 0 Å². The number of amides is 1. The van der Waals surface area contributed by atoms with Crippen LogP contribution < -0.4 is 14.8 Å². The second-order valence-electron chi connectivity index (χ2n) is 6.51. The highest BCUT2D eigenvalue weighted by atomic mass is 35.5. The number of ether oxygens (including phenoxy) is 1. The molecule has 31 heavy (non-hydrogen) atoms. The van der Waals surface area contributed by atoms with Crippen molar-refractivity contribution < 1.29 is 17.9 Å². The molecule has 0 aromatic heterocycles. The Balaban J connectivity index is 1.71. The number of benzene rings is 3. The molecule has 0 radical (unpaired) electrons. The second kappa shape index (κ2) is 10.0. The van der Waals surface area contributed by atoms with Gasteiger partial charge in [0.25, 0.3) is 15.9 Å². The van der Waals surface area contributed by atoms with Gasteiger partial charge in [-0.25, -0.2) is 8.42 Å². The Kier molecular flexibility index (Phi) is 7.43. The Labute approximate surface area is 191 Å². The van der Waals surface area contributed by atoms with Crippen LogP contribution >= 0.6 is 23.2 Å². The minimum atomic E-state index is -3.88. The minimum absolute atomic E-state index is 0.0291. The lowest BCUT2D eigenvalue weighted by atomic mass is 10.2. The number of halogens is 2. The van der Waals surface area contributed by atoms with Gasteiger partial charge in [0.1, 0.15) is 5.75 Å². The molecule has 2 N–H and O–H groups in total. The minimum Gasteiger partial charge on any atom is -0.494 e. The molecule has 0 spiro atoms. The second-order valence-corrected chi connectivity index (χ2v) is 9.04. The fourth-order valence-electron chi connectivity index (χ4n) is 2.75. The molecule has 0 bridgehead atoms. The Morgan fingerprint density at radius 3 is 2.42 bits per heavy atom. The van der Waals surface area contributed by atoms with Gasteiger partial charge in [-0.05, 0) is 67.1 Å². The molecule has 0 aliphatic carbocycles. The van der Waals surface area contributed by atoms with E-state index in [2.05, 4.69) is 10.0 Å². The number of hydrogen-bond acceptors (Lipinski definition) is 4. The fourth-order valence-corrected chi connectivity index (χ4v) is 4.33. The molecular weight excluding hydrogens is 459 g/mol. The van der Waals surface area contributed by atoms with Gasteiger partial charge in [-0.3, -0.25) is 9.52 Å². The zero-order valence-electron chi connectivity index (χ0n) is 16.6. The van der Waals surface area contributed by atoms with Crippen LogP contribution in [0.1, 0.15) is 22.8 Å². The summed E-state index contributed by atoms with van der Waals surface area (Å²) in [4.78, 5) is 12.5. The van der Waals surface area contributed by atoms with Crippen molar-refractivity contribution in [1.29, 1.82) is 0 Å². The number of carbonyl (C=O) groups excluding carboxylic acids is 1. The molecule has 0 aliphatic heterocycles. The molecule has 1 amide bonds. The summed E-state index contributed by atoms with van der Waals surface area (Å²) in [5.41, 5.74) is 1.29. The van der Waals surface area contributed by atoms with Crippen LogP contribution in [0.2, 0.25) is 10.0 Å². The first-order valence-corrected chi connectivity index (χ1v) is 11.6. The predicted octanol–water partition coefficient (Wildman–Crippen LogP) is 5.12. The van der Waals surface area contributed by atoms with Gasteiger partial charge in [0.15, 0.2) is 0 Å². The number of rotatable bonds is 8. The number of nitrogens with one attached hydrogen (secondary N) is 2. The van der Waals surface area contributed by atoms with Crippen molar-refractivity contribution in [2.24, 2.45) is 0 Å². The Hall–Kier alpha value is -2.74. The number of anilines is 1. The lowest BCUT2D eigenvalue weighted by Crippen LogP contribution is -2.23. The summed E-state index contributed by atoms with van der Waals surface area (Å²) < 4.78 is 33.3. The Morgan fingerprint density at radius 1 is 1.00 bits per heavy atom. The monoisotopic (exact) mass is 478 g/mol. The summed E-state index contributed by atoms with van der Waals surface area (Å²) >= 11 is 12.0. The van der Waals surface area contributed by atoms with E-state index < -0.39 is 15.9 Å². The van der Waals surface area contributed by atoms with Gasteiger partial charge >= 0.3 is 0 Å². The average Bonchev–Trinajstić information content (AvgIpc) is 2.74. The molecule has 0 aliphatic rings. The first kappa shape index (κ1) is 22.9. The summed E-state index contributed by atoms with van der Waals surface area (Å²) in [5.74, 6) is 0.217. The van der Waals surface area contributed by atoms with Crippen molar-refractivity contribution >= 4 is 44.8 Å². The van der Waals surface area contributed by atoms with Crippen molar-refractivity contribution in [3.63, 3.8) is 0 Å². The van der Waals surface area contributed by atoms with Crippen LogP contribution in [-0.4, -0.2) is 20.9 Å². The van der Waals surface area contributed by atoms with Crippen molar-refractivity contribution in [2.75, 3.05) is 11.3 Å². The maximum atomic E-state index is 12.7. The van der Waals surface area contributed by atoms with E-state index in [9.17, 15) is 13.2 Å². The van der Waals surface area contributed by atoms with Crippen molar-refractivity contribution in [2.45, 2.75) is 18.4 Å². The highest BCUT2D eigenvalue weighted by molar-refractivity contribution is 7.92. The van der Waals surface area contributed by atoms with E-state index in [0.29, 0.717) is 33.7 Å². The molecule has 0 saturated carbocycles. The van der Waals surface area contributed by atoms with Gasteiger partial charge in [0, 0.05) is 27.8 Å². The largest absolute Gasteiger partial charge is 0.494 e. The van der Waals surface area contributed by atoms with Crippen LogP contribution in [-0.2, 0) is 16.6 Å². The van der Waals surface area contributed by atoms with Gasteiger partial charge < -0.3 is 10.1 Å². The maximum absolute atomic E-state index is 12.7. The first-order valence-electron chi connectivity index (χ1n) is 9.36. The van der Waals surface area contributed by atoms with E-state index in [-0.39, 0.29) is 17.0 Å². The van der Waals surface area contributed by atoms with Crippen LogP contribution in [0.4, 0.5) is 5.69 Å². The number of hydrogen-bond donors (Lipinski definition) is 2. The average molecular weight is 479 g/mol. The van der Waals surface area contributed by atoms with Gasteiger partial charge in [0.05, 0.1) is 11.5 Å². The third-order valence-electron chi connectivity index (χ3n) is 4.28. The Bertz CT molecular complexity index is 1180. The smallest absolute Gasteiger partial charge is 0.261 e. The lowest BCUT2D eigenvalue weighted by molar-refractivity contribution is 0.0950. The van der Waals surface area contributed by atoms with Gasteiger partial charge in [-0.1, -0.05) is 35.3 Å². The first-order chi connectivity index (χ1) is 14.8. The number of sulfonamides is 1. The van der Waals surface area contributed by atoms with E-state index in [1.165, 1.54) is 24.3 Å². The normalized spacial score (nSPS) is 11.1. The Morgan fingerprint density at radius 2 is 1.74 bits per heavy atom. The van der Waals surface area contributed by atoms with Crippen LogP contribution in [0.25, 0.3) is 0 Å². The molecule has 0 unspecified atom stereocenters. The van der Waals surface area contributed by atoms with E-state index in [1.54, 1.807) is 42.5 Å². The topological polar surface area (TPSA) is 84.5 Å². The molecule has 0 saturated heterocycles. The quantitative estimate of drug-likeness (QED) is 0.470. The van der Waals surface area contributed by atoms with E-state index in [4.69, 9.17) is 27.9 Å². The summed E-state index contributed by atoms with van der Waals surface area (Å²) in [7, 11) is -3.88. The maximum Gasteiger partial charge on any atom is 0.261 e. The van der Waals surface area contributed by atoms with E-state index in [0.717, 1.165) is 0 Å². The molecule has 3 rings (SSSR count). The standard InChI is InChI=1S/C22H20Cl2N2O4S/c1-2-30-19-10-8-18(9-11-19)26-31(28,29)20-5-3-4-15(12-20)22(27)25-14-16-6-7-17(23)13-21(16)24/h3-13,26H,2,14H2,1H3,(H,25,27).